The molecule has 2 fully saturated rings. The first kappa shape index (κ1) is 16.3. The molecule has 1 aromatic heterocycles. The van der Waals surface area contributed by atoms with Crippen molar-refractivity contribution in [3.05, 3.63) is 52.9 Å². The van der Waals surface area contributed by atoms with E-state index in [1.165, 1.54) is 5.56 Å². The zero-order valence-electron chi connectivity index (χ0n) is 14.0. The second-order valence-electron chi connectivity index (χ2n) is 6.93. The largest absolute Gasteiger partial charge is 0.368 e. The Bertz CT molecular complexity index is 767. The molecule has 2 aromatic rings. The highest BCUT2D eigenvalue weighted by atomic mass is 35.5. The molecule has 0 radical (unpaired) electrons. The lowest BCUT2D eigenvalue weighted by molar-refractivity contribution is 0.0786. The van der Waals surface area contributed by atoms with Crippen molar-refractivity contribution in [2.75, 3.05) is 25.0 Å². The molecule has 1 aliphatic carbocycles. The van der Waals surface area contributed by atoms with Gasteiger partial charge in [0.25, 0.3) is 5.91 Å². The van der Waals surface area contributed by atoms with Crippen molar-refractivity contribution in [2.24, 2.45) is 0 Å². The Hall–Kier alpha value is -2.14. The van der Waals surface area contributed by atoms with E-state index in [1.54, 1.807) is 12.4 Å². The zero-order valence-corrected chi connectivity index (χ0v) is 14.8. The van der Waals surface area contributed by atoms with Gasteiger partial charge in [0.2, 0.25) is 0 Å². The Labute approximate surface area is 152 Å². The van der Waals surface area contributed by atoms with Crippen LogP contribution in [0.1, 0.15) is 41.7 Å². The van der Waals surface area contributed by atoms with Gasteiger partial charge in [0.15, 0.2) is 0 Å². The second-order valence-corrected chi connectivity index (χ2v) is 7.37. The minimum atomic E-state index is -0.0208. The number of nitrogens with one attached hydrogen (secondary N) is 1. The van der Waals surface area contributed by atoms with Crippen molar-refractivity contribution in [3.8, 4) is 0 Å². The predicted molar refractivity (Wildman–Crippen MR) is 98.0 cm³/mol. The number of rotatable bonds is 5. The van der Waals surface area contributed by atoms with Crippen LogP contribution in [0.5, 0.6) is 0 Å². The van der Waals surface area contributed by atoms with Gasteiger partial charge in [0.05, 0.1) is 12.4 Å². The fourth-order valence-electron chi connectivity index (χ4n) is 3.42. The van der Waals surface area contributed by atoms with Crippen molar-refractivity contribution in [2.45, 2.75) is 31.1 Å². The molecule has 1 aliphatic heterocycles. The minimum absolute atomic E-state index is 0.0208. The molecule has 5 nitrogen and oxygen atoms in total. The van der Waals surface area contributed by atoms with Crippen LogP contribution in [0.15, 0.2) is 36.7 Å². The molecule has 130 valence electrons. The van der Waals surface area contributed by atoms with Gasteiger partial charge in [-0.25, -0.2) is 4.98 Å². The van der Waals surface area contributed by atoms with E-state index in [4.69, 9.17) is 11.6 Å². The molecule has 4 rings (SSSR count). The van der Waals surface area contributed by atoms with Crippen LogP contribution < -0.4 is 5.32 Å². The fraction of sp³-hybridized carbons (Fsp3) is 0.421. The smallest absolute Gasteiger partial charge is 0.274 e. The maximum Gasteiger partial charge on any atom is 0.274 e. The van der Waals surface area contributed by atoms with Crippen LogP contribution in [0.4, 0.5) is 5.82 Å². The SMILES string of the molecule is O=C(c1cncc(NCC2(c3ccc(Cl)cc3)CC2)n1)N1CCCC1. The van der Waals surface area contributed by atoms with Crippen molar-refractivity contribution in [1.29, 1.82) is 0 Å². The summed E-state index contributed by atoms with van der Waals surface area (Å²) in [6.45, 7) is 2.42. The summed E-state index contributed by atoms with van der Waals surface area (Å²) in [5.41, 5.74) is 1.85. The van der Waals surface area contributed by atoms with Gasteiger partial charge in [-0.3, -0.25) is 9.78 Å². The molecule has 1 saturated carbocycles. The fourth-order valence-corrected chi connectivity index (χ4v) is 3.54. The lowest BCUT2D eigenvalue weighted by atomic mass is 9.96. The number of amides is 1. The molecule has 25 heavy (non-hydrogen) atoms. The van der Waals surface area contributed by atoms with Crippen LogP contribution in [0, 0.1) is 0 Å². The molecule has 2 heterocycles. The number of carbonyl (C=O) groups excluding carboxylic acids is 1. The standard InChI is InChI=1S/C19H21ClN4O/c20-15-5-3-14(4-6-15)19(7-8-19)13-22-17-12-21-11-16(23-17)18(25)24-9-1-2-10-24/h3-6,11-12H,1-2,7-10,13H2,(H,22,23). The molecular weight excluding hydrogens is 336 g/mol. The third-order valence-electron chi connectivity index (χ3n) is 5.16. The van der Waals surface area contributed by atoms with E-state index in [0.29, 0.717) is 11.5 Å². The molecule has 0 spiro atoms. The Morgan fingerprint density at radius 3 is 2.56 bits per heavy atom. The summed E-state index contributed by atoms with van der Waals surface area (Å²) >= 11 is 5.99. The Morgan fingerprint density at radius 1 is 1.16 bits per heavy atom. The average molecular weight is 357 g/mol. The van der Waals surface area contributed by atoms with E-state index in [0.717, 1.165) is 50.3 Å². The molecule has 1 aromatic carbocycles. The van der Waals surface area contributed by atoms with Crippen LogP contribution in [0.2, 0.25) is 5.02 Å². The highest BCUT2D eigenvalue weighted by Gasteiger charge is 2.44. The van der Waals surface area contributed by atoms with Gasteiger partial charge < -0.3 is 10.2 Å². The molecular formula is C19H21ClN4O. The van der Waals surface area contributed by atoms with Crippen LogP contribution in [-0.2, 0) is 5.41 Å². The highest BCUT2D eigenvalue weighted by molar-refractivity contribution is 6.30. The van der Waals surface area contributed by atoms with Crippen LogP contribution >= 0.6 is 11.6 Å². The lowest BCUT2D eigenvalue weighted by Crippen LogP contribution is -2.29. The molecule has 0 unspecified atom stereocenters. The summed E-state index contributed by atoms with van der Waals surface area (Å²) < 4.78 is 0. The maximum absolute atomic E-state index is 12.4. The number of anilines is 1. The Morgan fingerprint density at radius 2 is 1.88 bits per heavy atom. The quantitative estimate of drug-likeness (QED) is 0.890. The Balaban J connectivity index is 1.44. The number of hydrogen-bond donors (Lipinski definition) is 1. The van der Waals surface area contributed by atoms with Gasteiger partial charge >= 0.3 is 0 Å². The number of nitrogens with zero attached hydrogens (tertiary/aromatic N) is 3. The number of likely N-dealkylation sites (tertiary alicyclic amines) is 1. The molecule has 1 N–H and O–H groups in total. The highest BCUT2D eigenvalue weighted by Crippen LogP contribution is 2.48. The van der Waals surface area contributed by atoms with E-state index in [9.17, 15) is 4.79 Å². The number of benzene rings is 1. The minimum Gasteiger partial charge on any atom is -0.368 e. The summed E-state index contributed by atoms with van der Waals surface area (Å²) in [7, 11) is 0. The molecule has 2 aliphatic rings. The lowest BCUT2D eigenvalue weighted by Gasteiger charge is -2.18. The molecule has 1 saturated heterocycles. The van der Waals surface area contributed by atoms with Gasteiger partial charge in [0, 0.05) is 30.1 Å². The zero-order chi connectivity index (χ0) is 17.3. The average Bonchev–Trinajstić information content (AvgIpc) is 3.23. The summed E-state index contributed by atoms with van der Waals surface area (Å²) in [5, 5.41) is 4.13. The van der Waals surface area contributed by atoms with Gasteiger partial charge in [0.1, 0.15) is 11.5 Å². The summed E-state index contributed by atoms with van der Waals surface area (Å²) in [5.74, 6) is 0.637. The number of carbonyl (C=O) groups is 1. The molecule has 6 heteroatoms. The molecule has 0 bridgehead atoms. The third-order valence-corrected chi connectivity index (χ3v) is 5.42. The Kier molecular flexibility index (Phi) is 4.34. The van der Waals surface area contributed by atoms with E-state index < -0.39 is 0 Å². The topological polar surface area (TPSA) is 58.1 Å². The first-order valence-electron chi connectivity index (χ1n) is 8.78. The van der Waals surface area contributed by atoms with Crippen molar-refractivity contribution < 1.29 is 4.79 Å². The van der Waals surface area contributed by atoms with Crippen molar-refractivity contribution in [3.63, 3.8) is 0 Å². The van der Waals surface area contributed by atoms with E-state index in [-0.39, 0.29) is 11.3 Å². The predicted octanol–water partition coefficient (Wildman–Crippen LogP) is 3.51. The summed E-state index contributed by atoms with van der Waals surface area (Å²) in [6, 6.07) is 8.06. The number of aromatic nitrogens is 2. The van der Waals surface area contributed by atoms with Crippen molar-refractivity contribution >= 4 is 23.3 Å². The maximum atomic E-state index is 12.4. The summed E-state index contributed by atoms with van der Waals surface area (Å²) in [6.07, 6.45) is 7.65. The normalized spacial score (nSPS) is 18.2. The van der Waals surface area contributed by atoms with Gasteiger partial charge in [-0.15, -0.1) is 0 Å². The van der Waals surface area contributed by atoms with Gasteiger partial charge in [-0.1, -0.05) is 23.7 Å². The van der Waals surface area contributed by atoms with Crippen LogP contribution in [0.3, 0.4) is 0 Å². The third kappa shape index (κ3) is 3.47. The van der Waals surface area contributed by atoms with E-state index in [1.807, 2.05) is 17.0 Å². The van der Waals surface area contributed by atoms with Crippen LogP contribution in [-0.4, -0.2) is 40.4 Å². The van der Waals surface area contributed by atoms with Crippen LogP contribution in [0.25, 0.3) is 0 Å². The van der Waals surface area contributed by atoms with E-state index >= 15 is 0 Å². The number of hydrogen-bond acceptors (Lipinski definition) is 4. The first-order chi connectivity index (χ1) is 12.2. The monoisotopic (exact) mass is 356 g/mol. The second kappa shape index (κ2) is 6.64. The first-order valence-corrected chi connectivity index (χ1v) is 9.15. The van der Waals surface area contributed by atoms with E-state index in [2.05, 4.69) is 27.4 Å². The number of halogens is 1. The summed E-state index contributed by atoms with van der Waals surface area (Å²) in [4.78, 5) is 23.0. The molecule has 1 amide bonds. The van der Waals surface area contributed by atoms with Gasteiger partial charge in [-0.2, -0.15) is 0 Å². The molecule has 0 atom stereocenters. The van der Waals surface area contributed by atoms with Gasteiger partial charge in [-0.05, 0) is 43.4 Å². The van der Waals surface area contributed by atoms with Crippen molar-refractivity contribution in [1.82, 2.24) is 14.9 Å².